The highest BCUT2D eigenvalue weighted by atomic mass is 16.3. The maximum absolute atomic E-state index is 9.47. The Morgan fingerprint density at radius 3 is 2.82 bits per heavy atom. The van der Waals surface area contributed by atoms with E-state index in [0.29, 0.717) is 5.92 Å². The van der Waals surface area contributed by atoms with Gasteiger partial charge in [-0.1, -0.05) is 25.5 Å². The summed E-state index contributed by atoms with van der Waals surface area (Å²) in [4.78, 5) is 0. The van der Waals surface area contributed by atoms with Crippen molar-refractivity contribution in [3.8, 4) is 0 Å². The lowest BCUT2D eigenvalue weighted by atomic mass is 9.86. The van der Waals surface area contributed by atoms with Crippen molar-refractivity contribution in [3.05, 3.63) is 11.6 Å². The lowest BCUT2D eigenvalue weighted by Gasteiger charge is -2.23. The van der Waals surface area contributed by atoms with Gasteiger partial charge in [0.15, 0.2) is 0 Å². The van der Waals surface area contributed by atoms with E-state index in [1.807, 2.05) is 0 Å². The van der Waals surface area contributed by atoms with E-state index in [0.717, 1.165) is 19.3 Å². The van der Waals surface area contributed by atoms with Gasteiger partial charge in [0.25, 0.3) is 0 Å². The van der Waals surface area contributed by atoms with Gasteiger partial charge in [0.2, 0.25) is 0 Å². The molecule has 1 aliphatic carbocycles. The molecule has 0 aromatic carbocycles. The van der Waals surface area contributed by atoms with Crippen LogP contribution in [-0.2, 0) is 0 Å². The molecule has 1 aliphatic rings. The predicted molar refractivity (Wildman–Crippen MR) is 47.4 cm³/mol. The molecule has 1 N–H and O–H groups in total. The van der Waals surface area contributed by atoms with E-state index in [2.05, 4.69) is 19.9 Å². The van der Waals surface area contributed by atoms with E-state index >= 15 is 0 Å². The second kappa shape index (κ2) is 3.91. The van der Waals surface area contributed by atoms with Gasteiger partial charge in [-0.25, -0.2) is 0 Å². The zero-order chi connectivity index (χ0) is 8.27. The summed E-state index contributed by atoms with van der Waals surface area (Å²) in [5, 5.41) is 9.47. The van der Waals surface area contributed by atoms with Gasteiger partial charge in [-0.2, -0.15) is 0 Å². The van der Waals surface area contributed by atoms with Crippen molar-refractivity contribution in [2.45, 2.75) is 45.6 Å². The SMILES string of the molecule is CCC1=CC(CC)CC(O)C1. The van der Waals surface area contributed by atoms with Crippen LogP contribution in [0, 0.1) is 5.92 Å². The molecule has 0 spiro atoms. The third-order valence-corrected chi connectivity index (χ3v) is 2.52. The zero-order valence-corrected chi connectivity index (χ0v) is 7.51. The number of hydrogen-bond acceptors (Lipinski definition) is 1. The predicted octanol–water partition coefficient (Wildman–Crippen LogP) is 2.50. The minimum absolute atomic E-state index is 0.0695. The molecule has 11 heavy (non-hydrogen) atoms. The summed E-state index contributed by atoms with van der Waals surface area (Å²) in [5.41, 5.74) is 1.44. The summed E-state index contributed by atoms with van der Waals surface area (Å²) in [7, 11) is 0. The molecule has 2 atom stereocenters. The summed E-state index contributed by atoms with van der Waals surface area (Å²) in [6, 6.07) is 0. The topological polar surface area (TPSA) is 20.2 Å². The minimum atomic E-state index is -0.0695. The number of rotatable bonds is 2. The molecule has 0 saturated carbocycles. The summed E-state index contributed by atoms with van der Waals surface area (Å²) in [6.45, 7) is 4.35. The van der Waals surface area contributed by atoms with E-state index in [9.17, 15) is 5.11 Å². The highest BCUT2D eigenvalue weighted by Gasteiger charge is 2.17. The fourth-order valence-electron chi connectivity index (χ4n) is 1.75. The molecule has 0 bridgehead atoms. The number of aliphatic hydroxyl groups is 1. The van der Waals surface area contributed by atoms with Gasteiger partial charge < -0.3 is 5.11 Å². The molecule has 0 fully saturated rings. The largest absolute Gasteiger partial charge is 0.393 e. The van der Waals surface area contributed by atoms with Crippen LogP contribution in [0.4, 0.5) is 0 Å². The van der Waals surface area contributed by atoms with Gasteiger partial charge in [0.1, 0.15) is 0 Å². The van der Waals surface area contributed by atoms with Crippen LogP contribution in [0.5, 0.6) is 0 Å². The molecule has 0 aliphatic heterocycles. The molecule has 2 unspecified atom stereocenters. The first-order valence-electron chi connectivity index (χ1n) is 4.63. The van der Waals surface area contributed by atoms with Gasteiger partial charge in [0.05, 0.1) is 6.10 Å². The Labute approximate surface area is 69.1 Å². The second-order valence-electron chi connectivity index (χ2n) is 3.44. The Morgan fingerprint density at radius 2 is 2.27 bits per heavy atom. The van der Waals surface area contributed by atoms with Crippen LogP contribution in [0.1, 0.15) is 39.5 Å². The first-order valence-corrected chi connectivity index (χ1v) is 4.63. The average molecular weight is 154 g/mol. The van der Waals surface area contributed by atoms with Crippen molar-refractivity contribution < 1.29 is 5.11 Å². The van der Waals surface area contributed by atoms with Crippen LogP contribution in [-0.4, -0.2) is 11.2 Å². The van der Waals surface area contributed by atoms with Gasteiger partial charge >= 0.3 is 0 Å². The Hall–Kier alpha value is -0.300. The number of aliphatic hydroxyl groups excluding tert-OH is 1. The summed E-state index contributed by atoms with van der Waals surface area (Å²) in [5.74, 6) is 0.633. The molecule has 64 valence electrons. The zero-order valence-electron chi connectivity index (χ0n) is 7.51. The van der Waals surface area contributed by atoms with Gasteiger partial charge in [-0.3, -0.25) is 0 Å². The Balaban J connectivity index is 2.57. The van der Waals surface area contributed by atoms with Crippen LogP contribution < -0.4 is 0 Å². The lowest BCUT2D eigenvalue weighted by molar-refractivity contribution is 0.141. The number of allylic oxidation sites excluding steroid dienone is 1. The van der Waals surface area contributed by atoms with Crippen molar-refractivity contribution in [2.24, 2.45) is 5.92 Å². The molecule has 1 heteroatoms. The summed E-state index contributed by atoms with van der Waals surface area (Å²) in [6.07, 6.45) is 6.44. The second-order valence-corrected chi connectivity index (χ2v) is 3.44. The van der Waals surface area contributed by atoms with Crippen molar-refractivity contribution in [2.75, 3.05) is 0 Å². The molecule has 0 radical (unpaired) electrons. The molecule has 0 heterocycles. The van der Waals surface area contributed by atoms with Crippen molar-refractivity contribution in [1.82, 2.24) is 0 Å². The first kappa shape index (κ1) is 8.79. The lowest BCUT2D eigenvalue weighted by Crippen LogP contribution is -2.17. The van der Waals surface area contributed by atoms with Gasteiger partial charge in [-0.15, -0.1) is 0 Å². The van der Waals surface area contributed by atoms with Crippen LogP contribution >= 0.6 is 0 Å². The van der Waals surface area contributed by atoms with Crippen LogP contribution in [0.15, 0.2) is 11.6 Å². The Morgan fingerprint density at radius 1 is 1.55 bits per heavy atom. The highest BCUT2D eigenvalue weighted by molar-refractivity contribution is 5.09. The standard InChI is InChI=1S/C10H18O/c1-3-8-5-9(4-2)7-10(11)6-8/h5,8,10-11H,3-4,6-7H2,1-2H3. The van der Waals surface area contributed by atoms with Crippen molar-refractivity contribution in [3.63, 3.8) is 0 Å². The number of hydrogen-bond donors (Lipinski definition) is 1. The summed E-state index contributed by atoms with van der Waals surface area (Å²) < 4.78 is 0. The van der Waals surface area contributed by atoms with E-state index in [1.165, 1.54) is 12.0 Å². The van der Waals surface area contributed by atoms with E-state index in [-0.39, 0.29) is 6.10 Å². The van der Waals surface area contributed by atoms with Gasteiger partial charge in [-0.05, 0) is 31.6 Å². The average Bonchev–Trinajstić information content (AvgIpc) is 2.03. The smallest absolute Gasteiger partial charge is 0.0582 e. The summed E-state index contributed by atoms with van der Waals surface area (Å²) >= 11 is 0. The Kier molecular flexibility index (Phi) is 3.13. The van der Waals surface area contributed by atoms with E-state index in [4.69, 9.17) is 0 Å². The fraction of sp³-hybridized carbons (Fsp3) is 0.800. The fourth-order valence-corrected chi connectivity index (χ4v) is 1.75. The Bertz CT molecular complexity index is 149. The molecular weight excluding hydrogens is 136 g/mol. The van der Waals surface area contributed by atoms with Gasteiger partial charge in [0, 0.05) is 0 Å². The molecule has 0 saturated heterocycles. The third kappa shape index (κ3) is 2.33. The maximum atomic E-state index is 9.47. The maximum Gasteiger partial charge on any atom is 0.0582 e. The van der Waals surface area contributed by atoms with Crippen LogP contribution in [0.25, 0.3) is 0 Å². The molecule has 1 rings (SSSR count). The third-order valence-electron chi connectivity index (χ3n) is 2.52. The first-order chi connectivity index (χ1) is 5.26. The quantitative estimate of drug-likeness (QED) is 0.606. The van der Waals surface area contributed by atoms with Crippen molar-refractivity contribution in [1.29, 1.82) is 0 Å². The molecule has 1 nitrogen and oxygen atoms in total. The molecule has 0 aromatic heterocycles. The van der Waals surface area contributed by atoms with E-state index in [1.54, 1.807) is 0 Å². The van der Waals surface area contributed by atoms with Crippen molar-refractivity contribution >= 4 is 0 Å². The molecular formula is C10H18O. The van der Waals surface area contributed by atoms with Crippen LogP contribution in [0.2, 0.25) is 0 Å². The van der Waals surface area contributed by atoms with Crippen LogP contribution in [0.3, 0.4) is 0 Å². The monoisotopic (exact) mass is 154 g/mol. The molecule has 0 aromatic rings. The minimum Gasteiger partial charge on any atom is -0.393 e. The van der Waals surface area contributed by atoms with E-state index < -0.39 is 0 Å². The molecule has 0 amide bonds. The highest BCUT2D eigenvalue weighted by Crippen LogP contribution is 2.26. The normalized spacial score (nSPS) is 31.7.